The number of likely N-dealkylation sites (N-methyl/N-ethyl adjacent to an activating group) is 1. The first-order valence-corrected chi connectivity index (χ1v) is 6.64. The highest BCUT2D eigenvalue weighted by Crippen LogP contribution is 2.24. The van der Waals surface area contributed by atoms with Gasteiger partial charge in [0.05, 0.1) is 5.56 Å². The van der Waals surface area contributed by atoms with Crippen LogP contribution in [0.1, 0.15) is 23.2 Å². The molecule has 0 bridgehead atoms. The Labute approximate surface area is 120 Å². The van der Waals surface area contributed by atoms with Gasteiger partial charge in [0.1, 0.15) is 16.3 Å². The Morgan fingerprint density at radius 1 is 1.42 bits per heavy atom. The van der Waals surface area contributed by atoms with Crippen molar-refractivity contribution in [1.29, 1.82) is 0 Å². The molecule has 0 saturated carbocycles. The van der Waals surface area contributed by atoms with E-state index >= 15 is 0 Å². The van der Waals surface area contributed by atoms with Gasteiger partial charge in [0.15, 0.2) is 0 Å². The number of hydrogen-bond donors (Lipinski definition) is 1. The van der Waals surface area contributed by atoms with Crippen molar-refractivity contribution in [1.82, 2.24) is 15.2 Å². The van der Waals surface area contributed by atoms with Crippen LogP contribution in [0.25, 0.3) is 0 Å². The average molecular weight is 302 g/mol. The van der Waals surface area contributed by atoms with E-state index in [2.05, 4.69) is 10.3 Å². The summed E-state index contributed by atoms with van der Waals surface area (Å²) >= 11 is 11.6. The third-order valence-corrected chi connectivity index (χ3v) is 3.61. The Morgan fingerprint density at radius 2 is 2.16 bits per heavy atom. The number of carbonyl (C=O) groups excluding carboxylic acids is 2. The minimum Gasteiger partial charge on any atom is -0.357 e. The summed E-state index contributed by atoms with van der Waals surface area (Å²) in [7, 11) is 1.56. The van der Waals surface area contributed by atoms with Gasteiger partial charge in [-0.2, -0.15) is 0 Å². The molecule has 1 atom stereocenters. The third kappa shape index (κ3) is 2.82. The molecule has 1 aromatic heterocycles. The second-order valence-electron chi connectivity index (χ2n) is 4.24. The normalized spacial score (nSPS) is 18.5. The monoisotopic (exact) mass is 301 g/mol. The zero-order valence-corrected chi connectivity index (χ0v) is 11.8. The average Bonchev–Trinajstić information content (AvgIpc) is 2.86. The van der Waals surface area contributed by atoms with Gasteiger partial charge in [-0.15, -0.1) is 0 Å². The van der Waals surface area contributed by atoms with Crippen LogP contribution in [0, 0.1) is 0 Å². The lowest BCUT2D eigenvalue weighted by molar-refractivity contribution is -0.124. The molecule has 19 heavy (non-hydrogen) atoms. The van der Waals surface area contributed by atoms with Crippen LogP contribution in [0.15, 0.2) is 12.1 Å². The molecule has 7 heteroatoms. The fraction of sp³-hybridized carbons (Fsp3) is 0.417. The largest absolute Gasteiger partial charge is 0.357 e. The van der Waals surface area contributed by atoms with Gasteiger partial charge < -0.3 is 10.2 Å². The van der Waals surface area contributed by atoms with Gasteiger partial charge in [-0.1, -0.05) is 23.2 Å². The summed E-state index contributed by atoms with van der Waals surface area (Å²) in [6.07, 6.45) is 1.45. The second-order valence-corrected chi connectivity index (χ2v) is 4.99. The number of halogens is 2. The van der Waals surface area contributed by atoms with Crippen molar-refractivity contribution in [2.75, 3.05) is 13.6 Å². The van der Waals surface area contributed by atoms with Crippen molar-refractivity contribution in [3.8, 4) is 0 Å². The molecule has 1 fully saturated rings. The zero-order valence-electron chi connectivity index (χ0n) is 10.3. The van der Waals surface area contributed by atoms with Gasteiger partial charge >= 0.3 is 0 Å². The Morgan fingerprint density at radius 3 is 2.79 bits per heavy atom. The third-order valence-electron chi connectivity index (χ3n) is 3.11. The minimum absolute atomic E-state index is 0.0556. The number of rotatable bonds is 2. The van der Waals surface area contributed by atoms with E-state index in [4.69, 9.17) is 23.2 Å². The van der Waals surface area contributed by atoms with Crippen LogP contribution in [0.4, 0.5) is 0 Å². The molecule has 1 unspecified atom stereocenters. The minimum atomic E-state index is -0.441. The van der Waals surface area contributed by atoms with Crippen LogP contribution >= 0.6 is 23.2 Å². The molecule has 0 aliphatic carbocycles. The molecule has 1 aromatic rings. The number of likely N-dealkylation sites (tertiary alicyclic amines) is 1. The molecule has 102 valence electrons. The summed E-state index contributed by atoms with van der Waals surface area (Å²) in [5.74, 6) is -0.454. The van der Waals surface area contributed by atoms with Crippen LogP contribution in [-0.4, -0.2) is 41.3 Å². The number of nitrogens with one attached hydrogen (secondary N) is 1. The lowest BCUT2D eigenvalue weighted by Gasteiger charge is -2.23. The fourth-order valence-electron chi connectivity index (χ4n) is 2.18. The second kappa shape index (κ2) is 5.75. The van der Waals surface area contributed by atoms with E-state index in [1.54, 1.807) is 7.05 Å². The van der Waals surface area contributed by atoms with Crippen LogP contribution in [0.3, 0.4) is 0 Å². The van der Waals surface area contributed by atoms with E-state index in [1.165, 1.54) is 17.0 Å². The lowest BCUT2D eigenvalue weighted by Crippen LogP contribution is -2.45. The van der Waals surface area contributed by atoms with Gasteiger partial charge in [-0.3, -0.25) is 9.59 Å². The predicted molar refractivity (Wildman–Crippen MR) is 72.4 cm³/mol. The van der Waals surface area contributed by atoms with Crippen molar-refractivity contribution < 1.29 is 9.59 Å². The van der Waals surface area contributed by atoms with Crippen molar-refractivity contribution in [2.45, 2.75) is 18.9 Å². The van der Waals surface area contributed by atoms with E-state index in [9.17, 15) is 9.59 Å². The number of hydrogen-bond acceptors (Lipinski definition) is 3. The molecule has 1 aliphatic rings. The molecule has 1 saturated heterocycles. The standard InChI is InChI=1S/C12H13Cl2N3O2/c1-15-11(18)8-3-2-6-17(8)12(19)7-4-5-9(13)16-10(7)14/h4-5,8H,2-3,6H2,1H3,(H,15,18). The van der Waals surface area contributed by atoms with Gasteiger partial charge in [0.2, 0.25) is 5.91 Å². The quantitative estimate of drug-likeness (QED) is 0.846. The summed E-state index contributed by atoms with van der Waals surface area (Å²) < 4.78 is 0. The predicted octanol–water partition coefficient (Wildman–Crippen LogP) is 1.74. The summed E-state index contributed by atoms with van der Waals surface area (Å²) in [5, 5.41) is 2.85. The fourth-order valence-corrected chi connectivity index (χ4v) is 2.60. The number of aromatic nitrogens is 1. The maximum absolute atomic E-state index is 12.4. The van der Waals surface area contributed by atoms with E-state index in [0.29, 0.717) is 13.0 Å². The van der Waals surface area contributed by atoms with Crippen LogP contribution in [0.5, 0.6) is 0 Å². The van der Waals surface area contributed by atoms with Gasteiger partial charge in [0.25, 0.3) is 5.91 Å². The van der Waals surface area contributed by atoms with Crippen LogP contribution in [-0.2, 0) is 4.79 Å². The van der Waals surface area contributed by atoms with E-state index in [1.807, 2.05) is 0 Å². The molecule has 1 N–H and O–H groups in total. The summed E-state index contributed by atoms with van der Waals surface area (Å²) in [6.45, 7) is 0.538. The molecular weight excluding hydrogens is 289 g/mol. The molecule has 2 heterocycles. The number of pyridine rings is 1. The first-order chi connectivity index (χ1) is 9.04. The Bertz CT molecular complexity index is 522. The highest BCUT2D eigenvalue weighted by atomic mass is 35.5. The Balaban J connectivity index is 2.25. The summed E-state index contributed by atoms with van der Waals surface area (Å²) in [6, 6.07) is 2.59. The van der Waals surface area contributed by atoms with Crippen LogP contribution < -0.4 is 5.32 Å². The Kier molecular flexibility index (Phi) is 4.27. The van der Waals surface area contributed by atoms with Crippen molar-refractivity contribution in [3.63, 3.8) is 0 Å². The van der Waals surface area contributed by atoms with Gasteiger partial charge in [-0.05, 0) is 25.0 Å². The van der Waals surface area contributed by atoms with Crippen molar-refractivity contribution in [3.05, 3.63) is 28.0 Å². The molecule has 2 amide bonds. The highest BCUT2D eigenvalue weighted by Gasteiger charge is 2.34. The van der Waals surface area contributed by atoms with Gasteiger partial charge in [0, 0.05) is 13.6 Å². The van der Waals surface area contributed by atoms with Crippen LogP contribution in [0.2, 0.25) is 10.3 Å². The topological polar surface area (TPSA) is 62.3 Å². The molecule has 0 radical (unpaired) electrons. The van der Waals surface area contributed by atoms with Gasteiger partial charge in [-0.25, -0.2) is 4.98 Å². The smallest absolute Gasteiger partial charge is 0.257 e. The maximum atomic E-state index is 12.4. The van der Waals surface area contributed by atoms with Crippen molar-refractivity contribution in [2.24, 2.45) is 0 Å². The van der Waals surface area contributed by atoms with Crippen molar-refractivity contribution >= 4 is 35.0 Å². The highest BCUT2D eigenvalue weighted by molar-refractivity contribution is 6.34. The summed E-state index contributed by atoms with van der Waals surface area (Å²) in [4.78, 5) is 29.5. The lowest BCUT2D eigenvalue weighted by atomic mass is 10.2. The zero-order chi connectivity index (χ0) is 14.0. The molecular formula is C12H13Cl2N3O2. The first kappa shape index (κ1) is 14.1. The van der Waals surface area contributed by atoms with E-state index in [-0.39, 0.29) is 27.7 Å². The molecule has 0 aromatic carbocycles. The van der Waals surface area contributed by atoms with E-state index in [0.717, 1.165) is 6.42 Å². The number of nitrogens with zero attached hydrogens (tertiary/aromatic N) is 2. The SMILES string of the molecule is CNC(=O)C1CCCN1C(=O)c1ccc(Cl)nc1Cl. The molecule has 5 nitrogen and oxygen atoms in total. The number of amides is 2. The molecule has 0 spiro atoms. The molecule has 2 rings (SSSR count). The number of carbonyl (C=O) groups is 2. The maximum Gasteiger partial charge on any atom is 0.257 e. The van der Waals surface area contributed by atoms with E-state index < -0.39 is 6.04 Å². The first-order valence-electron chi connectivity index (χ1n) is 5.89. The summed E-state index contributed by atoms with van der Waals surface area (Å²) in [5.41, 5.74) is 0.266. The Hall–Kier alpha value is -1.33. The molecule has 1 aliphatic heterocycles.